The zero-order valence-corrected chi connectivity index (χ0v) is 12.9. The van der Waals surface area contributed by atoms with Crippen LogP contribution < -0.4 is 10.0 Å². The lowest BCUT2D eigenvalue weighted by molar-refractivity contribution is -0.121. The molecule has 0 aliphatic carbocycles. The van der Waals surface area contributed by atoms with Gasteiger partial charge in [0.1, 0.15) is 5.84 Å². The summed E-state index contributed by atoms with van der Waals surface area (Å²) in [6.45, 7) is 4.18. The highest BCUT2D eigenvalue weighted by atomic mass is 32.2. The van der Waals surface area contributed by atoms with Crippen molar-refractivity contribution in [2.45, 2.75) is 37.6 Å². The van der Waals surface area contributed by atoms with Crippen LogP contribution in [0.3, 0.4) is 0 Å². The van der Waals surface area contributed by atoms with Crippen LogP contribution in [0.15, 0.2) is 34.2 Å². The second-order valence-electron chi connectivity index (χ2n) is 4.96. The molecule has 0 radical (unpaired) electrons. The van der Waals surface area contributed by atoms with Gasteiger partial charge in [0.15, 0.2) is 0 Å². The van der Waals surface area contributed by atoms with Crippen molar-refractivity contribution in [3.05, 3.63) is 29.8 Å². The lowest BCUT2D eigenvalue weighted by atomic mass is 10.2. The number of nitrogens with one attached hydrogen (secondary N) is 2. The third kappa shape index (κ3) is 3.60. The van der Waals surface area contributed by atoms with Crippen molar-refractivity contribution < 1.29 is 13.2 Å². The number of carbonyl (C=O) groups excluding carboxylic acids is 1. The molecule has 0 saturated heterocycles. The van der Waals surface area contributed by atoms with Crippen LogP contribution in [0, 0.1) is 0 Å². The highest BCUT2D eigenvalue weighted by molar-refractivity contribution is 7.90. The summed E-state index contributed by atoms with van der Waals surface area (Å²) in [7, 11) is -3.51. The first-order valence-electron chi connectivity index (χ1n) is 6.90. The van der Waals surface area contributed by atoms with Crippen molar-refractivity contribution in [3.63, 3.8) is 0 Å². The Morgan fingerprint density at radius 1 is 1.38 bits per heavy atom. The monoisotopic (exact) mass is 309 g/mol. The van der Waals surface area contributed by atoms with Gasteiger partial charge in [0.2, 0.25) is 5.91 Å². The van der Waals surface area contributed by atoms with Gasteiger partial charge in [-0.05, 0) is 25.5 Å². The second-order valence-corrected chi connectivity index (χ2v) is 6.61. The summed E-state index contributed by atoms with van der Waals surface area (Å²) in [5.41, 5.74) is 0.555. The molecular weight excluding hydrogens is 290 g/mol. The number of amides is 1. The summed E-state index contributed by atoms with van der Waals surface area (Å²) in [6, 6.07) is 6.80. The fourth-order valence-electron chi connectivity index (χ4n) is 1.97. The van der Waals surface area contributed by atoms with Crippen LogP contribution in [0.2, 0.25) is 0 Å². The molecule has 1 heterocycles. The fraction of sp³-hybridized carbons (Fsp3) is 0.429. The molecule has 114 valence electrons. The first-order valence-corrected chi connectivity index (χ1v) is 8.38. The van der Waals surface area contributed by atoms with E-state index < -0.39 is 10.0 Å². The zero-order valence-electron chi connectivity index (χ0n) is 12.1. The molecule has 1 aliphatic rings. The molecule has 6 nitrogen and oxygen atoms in total. The highest BCUT2D eigenvalue weighted by Gasteiger charge is 2.29. The average molecular weight is 309 g/mol. The predicted octanol–water partition coefficient (Wildman–Crippen LogP) is 1.03. The molecule has 1 aromatic carbocycles. The van der Waals surface area contributed by atoms with Gasteiger partial charge in [0.25, 0.3) is 10.0 Å². The molecule has 2 rings (SSSR count). The number of carbonyl (C=O) groups is 1. The van der Waals surface area contributed by atoms with Gasteiger partial charge < -0.3 is 5.32 Å². The van der Waals surface area contributed by atoms with Gasteiger partial charge in [-0.2, -0.15) is 0 Å². The maximum atomic E-state index is 11.9. The maximum Gasteiger partial charge on any atom is 0.263 e. The van der Waals surface area contributed by atoms with Crippen LogP contribution in [0.1, 0.15) is 32.3 Å². The Hall–Kier alpha value is -1.89. The number of fused-ring (bicyclic) bond motifs is 1. The molecule has 7 heteroatoms. The molecule has 1 atom stereocenters. The molecule has 0 bridgehead atoms. The molecular formula is C14H19N3O3S. The molecule has 1 amide bonds. The van der Waals surface area contributed by atoms with E-state index in [1.54, 1.807) is 18.2 Å². The lowest BCUT2D eigenvalue weighted by Crippen LogP contribution is -2.32. The van der Waals surface area contributed by atoms with Crippen molar-refractivity contribution in [2.24, 2.45) is 4.99 Å². The quantitative estimate of drug-likeness (QED) is 0.851. The minimum absolute atomic E-state index is 0.0807. The van der Waals surface area contributed by atoms with Crippen LogP contribution in [-0.4, -0.2) is 32.7 Å². The largest absolute Gasteiger partial charge is 0.354 e. The smallest absolute Gasteiger partial charge is 0.263 e. The average Bonchev–Trinajstić information content (AvgIpc) is 2.71. The Kier molecular flexibility index (Phi) is 4.62. The van der Waals surface area contributed by atoms with E-state index in [9.17, 15) is 13.2 Å². The zero-order chi connectivity index (χ0) is 15.5. The van der Waals surface area contributed by atoms with E-state index in [0.29, 0.717) is 11.4 Å². The summed E-state index contributed by atoms with van der Waals surface area (Å²) in [5, 5.41) is 2.84. The van der Waals surface area contributed by atoms with Gasteiger partial charge in [-0.25, -0.2) is 8.42 Å². The van der Waals surface area contributed by atoms with Gasteiger partial charge in [0.05, 0.1) is 11.4 Å². The topological polar surface area (TPSA) is 87.6 Å². The van der Waals surface area contributed by atoms with Crippen molar-refractivity contribution in [1.29, 1.82) is 0 Å². The van der Waals surface area contributed by atoms with Crippen LogP contribution in [0.25, 0.3) is 0 Å². The Morgan fingerprint density at radius 3 is 2.81 bits per heavy atom. The van der Waals surface area contributed by atoms with Gasteiger partial charge in [0, 0.05) is 18.0 Å². The summed E-state index contributed by atoms with van der Waals surface area (Å²) < 4.78 is 26.2. The Bertz CT molecular complexity index is 668. The number of hydrogen-bond acceptors (Lipinski definition) is 4. The van der Waals surface area contributed by atoms with Crippen LogP contribution in [0.5, 0.6) is 0 Å². The minimum atomic E-state index is -3.51. The minimum Gasteiger partial charge on any atom is -0.354 e. The third-order valence-corrected chi connectivity index (χ3v) is 4.69. The normalized spacial score (nSPS) is 18.9. The first-order chi connectivity index (χ1) is 9.94. The van der Waals surface area contributed by atoms with E-state index in [4.69, 9.17) is 0 Å². The number of hydrogen-bond donors (Lipinski definition) is 2. The van der Waals surface area contributed by atoms with Gasteiger partial charge in [-0.1, -0.05) is 19.1 Å². The molecule has 1 aliphatic heterocycles. The molecule has 0 spiro atoms. The van der Waals surface area contributed by atoms with Crippen LogP contribution in [-0.2, 0) is 14.8 Å². The molecule has 0 aromatic heterocycles. The van der Waals surface area contributed by atoms with Gasteiger partial charge in [-0.3, -0.25) is 14.5 Å². The maximum absolute atomic E-state index is 11.9. The fourth-order valence-corrected chi connectivity index (χ4v) is 3.22. The first kappa shape index (κ1) is 15.5. The molecule has 0 saturated carbocycles. The number of sulfonamides is 1. The SMILES string of the molecule is CCC(C)NC(=O)CCN=C1NS(=O)(=O)c2ccccc21. The van der Waals surface area contributed by atoms with E-state index in [2.05, 4.69) is 15.0 Å². The van der Waals surface area contributed by atoms with Crippen LogP contribution in [0.4, 0.5) is 0 Å². The molecule has 2 N–H and O–H groups in total. The number of benzene rings is 1. The Balaban J connectivity index is 2.03. The lowest BCUT2D eigenvalue weighted by Gasteiger charge is -2.10. The predicted molar refractivity (Wildman–Crippen MR) is 80.7 cm³/mol. The third-order valence-electron chi connectivity index (χ3n) is 3.29. The highest BCUT2D eigenvalue weighted by Crippen LogP contribution is 2.22. The van der Waals surface area contributed by atoms with E-state index in [0.717, 1.165) is 6.42 Å². The Morgan fingerprint density at radius 2 is 2.10 bits per heavy atom. The van der Waals surface area contributed by atoms with Crippen molar-refractivity contribution in [3.8, 4) is 0 Å². The Labute approximate surface area is 124 Å². The number of aliphatic imine (C=N–C) groups is 1. The second kappa shape index (κ2) is 6.26. The van der Waals surface area contributed by atoms with E-state index >= 15 is 0 Å². The van der Waals surface area contributed by atoms with E-state index in [1.165, 1.54) is 6.07 Å². The van der Waals surface area contributed by atoms with Crippen molar-refractivity contribution in [2.75, 3.05) is 6.54 Å². The summed E-state index contributed by atoms with van der Waals surface area (Å²) >= 11 is 0. The number of amidine groups is 1. The van der Waals surface area contributed by atoms with Crippen molar-refractivity contribution >= 4 is 21.8 Å². The summed E-state index contributed by atoms with van der Waals surface area (Å²) in [5.74, 6) is 0.227. The van der Waals surface area contributed by atoms with Gasteiger partial charge >= 0.3 is 0 Å². The van der Waals surface area contributed by atoms with Crippen molar-refractivity contribution in [1.82, 2.24) is 10.0 Å². The molecule has 1 unspecified atom stereocenters. The molecule has 0 fully saturated rings. The number of rotatable bonds is 5. The summed E-state index contributed by atoms with van der Waals surface area (Å²) in [6.07, 6.45) is 1.10. The van der Waals surface area contributed by atoms with Gasteiger partial charge in [-0.15, -0.1) is 0 Å². The van der Waals surface area contributed by atoms with E-state index in [1.807, 2.05) is 13.8 Å². The van der Waals surface area contributed by atoms with Crippen LogP contribution >= 0.6 is 0 Å². The number of nitrogens with zero attached hydrogens (tertiary/aromatic N) is 1. The standard InChI is InChI=1S/C14H19N3O3S/c1-3-10(2)16-13(18)8-9-15-14-11-6-4-5-7-12(11)21(19,20)17-14/h4-7,10H,3,8-9H2,1-2H3,(H,15,17)(H,16,18). The molecule has 21 heavy (non-hydrogen) atoms. The molecule has 1 aromatic rings. The summed E-state index contributed by atoms with van der Waals surface area (Å²) in [4.78, 5) is 16.1. The van der Waals surface area contributed by atoms with E-state index in [-0.39, 0.29) is 29.8 Å².